The average molecular weight is 596 g/mol. The average Bonchev–Trinajstić information content (AvgIpc) is 2.88. The number of rotatable bonds is 15. The van der Waals surface area contributed by atoms with E-state index in [0.29, 0.717) is 11.1 Å². The summed E-state index contributed by atoms with van der Waals surface area (Å²) in [6, 6.07) is 8.95. The van der Waals surface area contributed by atoms with Gasteiger partial charge in [-0.05, 0) is 36.6 Å². The molecule has 13 nitrogen and oxygen atoms in total. The maximum Gasteiger partial charge on any atom is 0.335 e. The van der Waals surface area contributed by atoms with Gasteiger partial charge < -0.3 is 26.6 Å². The van der Waals surface area contributed by atoms with E-state index in [0.717, 1.165) is 0 Å². The van der Waals surface area contributed by atoms with E-state index in [-0.39, 0.29) is 35.7 Å². The third kappa shape index (κ3) is 10.5. The molecule has 0 aliphatic rings. The second-order valence-corrected chi connectivity index (χ2v) is 12.4. The maximum absolute atomic E-state index is 13.0. The highest BCUT2D eigenvalue weighted by Crippen LogP contribution is 2.11. The van der Waals surface area contributed by atoms with Gasteiger partial charge in [0.2, 0.25) is 21.8 Å². The Labute approximate surface area is 234 Å². The fourth-order valence-corrected chi connectivity index (χ4v) is 5.51. The van der Waals surface area contributed by atoms with Crippen LogP contribution in [0.1, 0.15) is 40.4 Å². The molecule has 0 radical (unpaired) electrons. The summed E-state index contributed by atoms with van der Waals surface area (Å²) in [5.41, 5.74) is 6.66. The highest BCUT2D eigenvalue weighted by atomic mass is 32.2. The summed E-state index contributed by atoms with van der Waals surface area (Å²) >= 11 is 0. The number of carboxylic acids is 1. The summed E-state index contributed by atoms with van der Waals surface area (Å²) in [6.45, 7) is 1.26. The standard InChI is InChI=1S/C25H33N5O8S2/c1-15(31)21(30-40(37,38)14-17-4-3-5-19(12-17)25(34)35)24(33)29-20(10-11-39(2)36)23(32)28-13-16-6-8-18(9-7-16)22(26)27/h3-9,12,15,20-21,30-31H,10-11,13-14H2,1-2H3,(H3,26,27)(H,28,32)(H,29,33)(H,34,35)/t15?,20-,21+,39?/m0/s1. The third-order valence-corrected chi connectivity index (χ3v) is 7.80. The van der Waals surface area contributed by atoms with Gasteiger partial charge in [-0.25, -0.2) is 13.2 Å². The molecule has 8 N–H and O–H groups in total. The molecule has 2 rings (SSSR count). The monoisotopic (exact) mass is 595 g/mol. The van der Waals surface area contributed by atoms with Crippen LogP contribution in [0.2, 0.25) is 0 Å². The number of aliphatic hydroxyl groups excluding tert-OH is 1. The van der Waals surface area contributed by atoms with Gasteiger partial charge in [0.15, 0.2) is 0 Å². The van der Waals surface area contributed by atoms with E-state index in [2.05, 4.69) is 15.4 Å². The minimum atomic E-state index is -4.24. The van der Waals surface area contributed by atoms with Crippen molar-refractivity contribution in [1.29, 1.82) is 5.41 Å². The summed E-state index contributed by atoms with van der Waals surface area (Å²) in [5.74, 6) is -3.54. The molecule has 15 heteroatoms. The number of hydrogen-bond donors (Lipinski definition) is 7. The lowest BCUT2D eigenvalue weighted by atomic mass is 10.1. The zero-order valence-electron chi connectivity index (χ0n) is 21.9. The molecule has 0 aliphatic heterocycles. The van der Waals surface area contributed by atoms with Gasteiger partial charge in [-0.1, -0.05) is 36.4 Å². The van der Waals surface area contributed by atoms with Gasteiger partial charge in [-0.2, -0.15) is 4.72 Å². The van der Waals surface area contributed by atoms with Crippen LogP contribution in [0, 0.1) is 5.41 Å². The first-order valence-corrected chi connectivity index (χ1v) is 15.4. The fraction of sp³-hybridized carbons (Fsp3) is 0.360. The number of aromatic carboxylic acids is 1. The van der Waals surface area contributed by atoms with Crippen LogP contribution >= 0.6 is 0 Å². The molecule has 0 aromatic heterocycles. The Morgan fingerprint density at radius 2 is 1.70 bits per heavy atom. The van der Waals surface area contributed by atoms with Gasteiger partial charge in [-0.3, -0.25) is 19.2 Å². The van der Waals surface area contributed by atoms with Gasteiger partial charge in [0.05, 0.1) is 17.4 Å². The van der Waals surface area contributed by atoms with Crippen LogP contribution in [0.5, 0.6) is 0 Å². The van der Waals surface area contributed by atoms with Gasteiger partial charge in [0.25, 0.3) is 0 Å². The number of nitrogens with two attached hydrogens (primary N) is 1. The first-order valence-electron chi connectivity index (χ1n) is 12.0. The Bertz CT molecular complexity index is 1360. The number of nitrogens with one attached hydrogen (secondary N) is 4. The van der Waals surface area contributed by atoms with E-state index in [9.17, 15) is 32.1 Å². The molecular formula is C25H33N5O8S2. The third-order valence-electron chi connectivity index (χ3n) is 5.66. The van der Waals surface area contributed by atoms with Gasteiger partial charge in [-0.15, -0.1) is 0 Å². The molecule has 0 heterocycles. The zero-order chi connectivity index (χ0) is 30.0. The van der Waals surface area contributed by atoms with Crippen molar-refractivity contribution in [3.8, 4) is 0 Å². The minimum absolute atomic E-state index is 0.0226. The molecule has 4 atom stereocenters. The summed E-state index contributed by atoms with van der Waals surface area (Å²) in [4.78, 5) is 37.1. The Balaban J connectivity index is 2.13. The topological polar surface area (TPSA) is 229 Å². The van der Waals surface area contributed by atoms with Gasteiger partial charge in [0, 0.05) is 34.9 Å². The number of sulfonamides is 1. The predicted molar refractivity (Wildman–Crippen MR) is 149 cm³/mol. The maximum atomic E-state index is 13.0. The molecule has 2 amide bonds. The number of carbonyl (C=O) groups is 3. The molecule has 2 aromatic rings. The van der Waals surface area contributed by atoms with Crippen LogP contribution in [0.25, 0.3) is 0 Å². The number of benzene rings is 2. The zero-order valence-corrected chi connectivity index (χ0v) is 23.6. The Morgan fingerprint density at radius 1 is 1.05 bits per heavy atom. The van der Waals surface area contributed by atoms with Crippen molar-refractivity contribution in [3.63, 3.8) is 0 Å². The molecule has 218 valence electrons. The normalized spacial score (nSPS) is 14.4. The number of aliphatic hydroxyl groups is 1. The second kappa shape index (κ2) is 14.6. The summed E-state index contributed by atoms with van der Waals surface area (Å²) < 4.78 is 39.3. The van der Waals surface area contributed by atoms with Crippen molar-refractivity contribution in [3.05, 3.63) is 70.8 Å². The van der Waals surface area contributed by atoms with Crippen molar-refractivity contribution in [1.82, 2.24) is 15.4 Å². The molecule has 2 unspecified atom stereocenters. The van der Waals surface area contributed by atoms with Gasteiger partial charge >= 0.3 is 5.97 Å². The summed E-state index contributed by atoms with van der Waals surface area (Å²) in [5, 5.41) is 31.8. The number of amides is 2. The number of amidine groups is 1. The van der Waals surface area contributed by atoms with Crippen LogP contribution in [0.15, 0.2) is 48.5 Å². The van der Waals surface area contributed by atoms with Crippen LogP contribution in [-0.4, -0.2) is 76.7 Å². The number of carboxylic acid groups (broad SMARTS) is 1. The Hall–Kier alpha value is -3.66. The largest absolute Gasteiger partial charge is 0.478 e. The molecule has 0 spiro atoms. The van der Waals surface area contributed by atoms with Gasteiger partial charge in [0.1, 0.15) is 17.9 Å². The van der Waals surface area contributed by atoms with E-state index in [1.807, 2.05) is 0 Å². The molecule has 0 aliphatic carbocycles. The van der Waals surface area contributed by atoms with E-state index in [1.165, 1.54) is 37.4 Å². The summed E-state index contributed by atoms with van der Waals surface area (Å²) in [6.07, 6.45) is -0.0889. The van der Waals surface area contributed by atoms with E-state index < -0.39 is 62.5 Å². The van der Waals surface area contributed by atoms with E-state index in [1.54, 1.807) is 24.3 Å². The van der Waals surface area contributed by atoms with Crippen LogP contribution in [0.4, 0.5) is 0 Å². The highest BCUT2D eigenvalue weighted by molar-refractivity contribution is 7.88. The molecular weight excluding hydrogens is 562 g/mol. The molecule has 0 bridgehead atoms. The van der Waals surface area contributed by atoms with Crippen molar-refractivity contribution in [2.24, 2.45) is 5.73 Å². The molecule has 40 heavy (non-hydrogen) atoms. The predicted octanol–water partition coefficient (Wildman–Crippen LogP) is -0.593. The lowest BCUT2D eigenvalue weighted by Crippen LogP contribution is -2.57. The number of carbonyl (C=O) groups excluding carboxylic acids is 2. The minimum Gasteiger partial charge on any atom is -0.478 e. The van der Waals surface area contributed by atoms with Crippen LogP contribution in [0.3, 0.4) is 0 Å². The Morgan fingerprint density at radius 3 is 2.25 bits per heavy atom. The molecule has 2 aromatic carbocycles. The second-order valence-electron chi connectivity index (χ2n) is 9.06. The smallest absolute Gasteiger partial charge is 0.335 e. The van der Waals surface area contributed by atoms with Crippen molar-refractivity contribution < 1.29 is 37.2 Å². The number of nitrogen functional groups attached to an aromatic ring is 1. The van der Waals surface area contributed by atoms with Crippen molar-refractivity contribution >= 4 is 44.4 Å². The van der Waals surface area contributed by atoms with Crippen LogP contribution in [-0.2, 0) is 42.7 Å². The lowest BCUT2D eigenvalue weighted by Gasteiger charge is -2.24. The van der Waals surface area contributed by atoms with Crippen molar-refractivity contribution in [2.75, 3.05) is 12.0 Å². The molecule has 0 saturated heterocycles. The van der Waals surface area contributed by atoms with E-state index in [4.69, 9.17) is 16.2 Å². The van der Waals surface area contributed by atoms with Crippen molar-refractivity contribution in [2.45, 2.75) is 43.8 Å². The fourth-order valence-electron chi connectivity index (χ4n) is 3.55. The molecule has 0 saturated carbocycles. The number of hydrogen-bond acceptors (Lipinski definition) is 8. The highest BCUT2D eigenvalue weighted by Gasteiger charge is 2.32. The lowest BCUT2D eigenvalue weighted by molar-refractivity contribution is -0.131. The quantitative estimate of drug-likeness (QED) is 0.103. The summed E-state index contributed by atoms with van der Waals surface area (Å²) in [7, 11) is -5.53. The van der Waals surface area contributed by atoms with Crippen LogP contribution < -0.4 is 21.1 Å². The SMILES string of the molecule is CC(O)[C@@H](NS(=O)(=O)Cc1cccc(C(=O)O)c1)C(=O)N[C@@H](CCS(C)=O)C(=O)NCc1ccc(C(=N)N)cc1. The first-order chi connectivity index (χ1) is 18.7. The Kier molecular flexibility index (Phi) is 11.9. The van der Waals surface area contributed by atoms with E-state index >= 15 is 0 Å². The first kappa shape index (κ1) is 32.6. The molecule has 0 fully saturated rings.